The molecule has 2 aromatic rings. The van der Waals surface area contributed by atoms with Gasteiger partial charge in [-0.05, 0) is 52.7 Å². The van der Waals surface area contributed by atoms with Crippen LogP contribution in [0.25, 0.3) is 0 Å². The molecule has 0 aliphatic heterocycles. The van der Waals surface area contributed by atoms with E-state index in [0.717, 1.165) is 10.0 Å². The van der Waals surface area contributed by atoms with Gasteiger partial charge in [-0.1, -0.05) is 12.1 Å². The van der Waals surface area contributed by atoms with Crippen LogP contribution in [0, 0.1) is 29.6 Å². The van der Waals surface area contributed by atoms with Crippen molar-refractivity contribution in [3.05, 3.63) is 63.1 Å². The summed E-state index contributed by atoms with van der Waals surface area (Å²) in [5, 5.41) is 20.6. The van der Waals surface area contributed by atoms with Crippen LogP contribution in [0.4, 0.5) is 5.69 Å². The molecule has 2 aromatic carbocycles. The second-order valence-electron chi connectivity index (χ2n) is 4.37. The molecule has 0 aromatic heterocycles. The van der Waals surface area contributed by atoms with Crippen LogP contribution in [-0.4, -0.2) is 5.91 Å². The van der Waals surface area contributed by atoms with Gasteiger partial charge < -0.3 is 5.32 Å². The summed E-state index contributed by atoms with van der Waals surface area (Å²) in [6.45, 7) is 1.90. The van der Waals surface area contributed by atoms with Crippen molar-refractivity contribution in [1.82, 2.24) is 0 Å². The van der Waals surface area contributed by atoms with Crippen molar-refractivity contribution in [3.63, 3.8) is 0 Å². The molecule has 0 heterocycles. The van der Waals surface area contributed by atoms with Crippen LogP contribution < -0.4 is 5.32 Å². The Balaban J connectivity index is 2.31. The monoisotopic (exact) mass is 339 g/mol. The van der Waals surface area contributed by atoms with E-state index in [1.807, 2.05) is 25.1 Å². The number of nitriles is 2. The third-order valence-corrected chi connectivity index (χ3v) is 4.01. The topological polar surface area (TPSA) is 76.7 Å². The number of benzene rings is 2. The van der Waals surface area contributed by atoms with Crippen molar-refractivity contribution < 1.29 is 4.79 Å². The van der Waals surface area contributed by atoms with Crippen molar-refractivity contribution in [2.45, 2.75) is 6.92 Å². The maximum atomic E-state index is 12.3. The number of hydrogen-bond acceptors (Lipinski definition) is 3. The Hall–Kier alpha value is -2.63. The number of nitrogens with zero attached hydrogens (tertiary/aromatic N) is 2. The molecular weight excluding hydrogens is 330 g/mol. The highest BCUT2D eigenvalue weighted by Crippen LogP contribution is 2.22. The van der Waals surface area contributed by atoms with Gasteiger partial charge in [-0.25, -0.2) is 0 Å². The van der Waals surface area contributed by atoms with E-state index >= 15 is 0 Å². The first-order valence-corrected chi connectivity index (χ1v) is 6.87. The molecule has 0 aliphatic rings. The quantitative estimate of drug-likeness (QED) is 0.904. The zero-order chi connectivity index (χ0) is 15.4. The molecule has 1 amide bonds. The van der Waals surface area contributed by atoms with Gasteiger partial charge in [0, 0.05) is 10.2 Å². The van der Waals surface area contributed by atoms with E-state index in [1.54, 1.807) is 18.2 Å². The minimum absolute atomic E-state index is 0.235. The fraction of sp³-hybridized carbons (Fsp3) is 0.0625. The number of halogens is 1. The summed E-state index contributed by atoms with van der Waals surface area (Å²) in [7, 11) is 0. The lowest BCUT2D eigenvalue weighted by Crippen LogP contribution is -2.13. The Bertz CT molecular complexity index is 800. The van der Waals surface area contributed by atoms with Gasteiger partial charge in [0.2, 0.25) is 0 Å². The molecule has 1 N–H and O–H groups in total. The van der Waals surface area contributed by atoms with Gasteiger partial charge in [0.05, 0.1) is 16.7 Å². The number of hydrogen-bond donors (Lipinski definition) is 1. The summed E-state index contributed by atoms with van der Waals surface area (Å²) in [6, 6.07) is 13.9. The fourth-order valence-electron chi connectivity index (χ4n) is 1.83. The minimum atomic E-state index is -0.279. The maximum Gasteiger partial charge on any atom is 0.256 e. The van der Waals surface area contributed by atoms with Gasteiger partial charge in [-0.3, -0.25) is 4.79 Å². The van der Waals surface area contributed by atoms with Gasteiger partial charge in [0.1, 0.15) is 12.1 Å². The number of anilines is 1. The van der Waals surface area contributed by atoms with E-state index in [2.05, 4.69) is 21.2 Å². The zero-order valence-corrected chi connectivity index (χ0v) is 12.7. The molecule has 0 atom stereocenters. The molecular formula is C16H10BrN3O. The summed E-state index contributed by atoms with van der Waals surface area (Å²) < 4.78 is 0.733. The van der Waals surface area contributed by atoms with E-state index in [4.69, 9.17) is 10.5 Å². The predicted octanol–water partition coefficient (Wildman–Crippen LogP) is 3.75. The Morgan fingerprint density at radius 2 is 1.86 bits per heavy atom. The summed E-state index contributed by atoms with van der Waals surface area (Å²) in [4.78, 5) is 12.3. The average molecular weight is 340 g/mol. The molecule has 21 heavy (non-hydrogen) atoms. The molecule has 2 rings (SSSR count). The Morgan fingerprint density at radius 3 is 2.52 bits per heavy atom. The van der Waals surface area contributed by atoms with Gasteiger partial charge in [-0.2, -0.15) is 10.5 Å². The maximum absolute atomic E-state index is 12.3. The third kappa shape index (κ3) is 3.10. The molecule has 0 fully saturated rings. The Labute approximate surface area is 130 Å². The van der Waals surface area contributed by atoms with Crippen molar-refractivity contribution in [2.24, 2.45) is 0 Å². The third-order valence-electron chi connectivity index (χ3n) is 2.95. The van der Waals surface area contributed by atoms with Gasteiger partial charge in [0.15, 0.2) is 0 Å². The number of rotatable bonds is 2. The Morgan fingerprint density at radius 1 is 1.14 bits per heavy atom. The number of nitrogens with one attached hydrogen (secondary N) is 1. The highest BCUT2D eigenvalue weighted by molar-refractivity contribution is 9.10. The van der Waals surface area contributed by atoms with Crippen LogP contribution in [0.15, 0.2) is 40.9 Å². The second-order valence-corrected chi connectivity index (χ2v) is 5.17. The standard InChI is InChI=1S/C16H10BrN3O/c1-10-3-2-4-14(15(10)17)16(21)20-13-6-5-11(8-18)12(7-13)9-19/h2-7H,1H3,(H,20,21). The van der Waals surface area contributed by atoms with Crippen molar-refractivity contribution in [3.8, 4) is 12.1 Å². The lowest BCUT2D eigenvalue weighted by Gasteiger charge is -2.09. The average Bonchev–Trinajstić information content (AvgIpc) is 2.49. The molecule has 0 aliphatic carbocycles. The van der Waals surface area contributed by atoms with E-state index in [1.165, 1.54) is 12.1 Å². The summed E-state index contributed by atoms with van der Waals surface area (Å²) in [5.41, 5.74) is 2.47. The summed E-state index contributed by atoms with van der Waals surface area (Å²) in [5.74, 6) is -0.279. The number of carbonyl (C=O) groups is 1. The SMILES string of the molecule is Cc1cccc(C(=O)Nc2ccc(C#N)c(C#N)c2)c1Br. The molecule has 0 bridgehead atoms. The van der Waals surface area contributed by atoms with E-state index in [9.17, 15) is 4.79 Å². The number of carbonyl (C=O) groups excluding carboxylic acids is 1. The van der Waals surface area contributed by atoms with E-state index in [-0.39, 0.29) is 17.0 Å². The van der Waals surface area contributed by atoms with Crippen LogP contribution in [0.3, 0.4) is 0 Å². The summed E-state index contributed by atoms with van der Waals surface area (Å²) in [6.07, 6.45) is 0. The van der Waals surface area contributed by atoms with Crippen molar-refractivity contribution in [2.75, 3.05) is 5.32 Å². The lowest BCUT2D eigenvalue weighted by atomic mass is 10.1. The van der Waals surface area contributed by atoms with E-state index < -0.39 is 0 Å². The highest BCUT2D eigenvalue weighted by atomic mass is 79.9. The first-order valence-electron chi connectivity index (χ1n) is 6.07. The van der Waals surface area contributed by atoms with Crippen LogP contribution in [0.5, 0.6) is 0 Å². The molecule has 0 radical (unpaired) electrons. The first-order chi connectivity index (χ1) is 10.1. The van der Waals surface area contributed by atoms with Gasteiger partial charge in [0.25, 0.3) is 5.91 Å². The molecule has 0 spiro atoms. The zero-order valence-electron chi connectivity index (χ0n) is 11.1. The number of aryl methyl sites for hydroxylation is 1. The molecule has 5 heteroatoms. The van der Waals surface area contributed by atoms with Crippen molar-refractivity contribution >= 4 is 27.5 Å². The Kier molecular flexibility index (Phi) is 4.37. The molecule has 102 valence electrons. The smallest absolute Gasteiger partial charge is 0.256 e. The minimum Gasteiger partial charge on any atom is -0.322 e. The summed E-state index contributed by atoms with van der Waals surface area (Å²) >= 11 is 3.39. The van der Waals surface area contributed by atoms with Gasteiger partial charge in [-0.15, -0.1) is 0 Å². The van der Waals surface area contributed by atoms with Crippen LogP contribution in [0.1, 0.15) is 27.0 Å². The van der Waals surface area contributed by atoms with Gasteiger partial charge >= 0.3 is 0 Å². The molecule has 4 nitrogen and oxygen atoms in total. The van der Waals surface area contributed by atoms with Crippen LogP contribution in [-0.2, 0) is 0 Å². The molecule has 0 saturated carbocycles. The van der Waals surface area contributed by atoms with Crippen molar-refractivity contribution in [1.29, 1.82) is 10.5 Å². The lowest BCUT2D eigenvalue weighted by molar-refractivity contribution is 0.102. The number of amides is 1. The van der Waals surface area contributed by atoms with E-state index in [0.29, 0.717) is 11.3 Å². The molecule has 0 unspecified atom stereocenters. The van der Waals surface area contributed by atoms with Crippen LogP contribution >= 0.6 is 15.9 Å². The normalized spacial score (nSPS) is 9.52. The first kappa shape index (κ1) is 14.8. The highest BCUT2D eigenvalue weighted by Gasteiger charge is 2.12. The predicted molar refractivity (Wildman–Crippen MR) is 82.7 cm³/mol. The largest absolute Gasteiger partial charge is 0.322 e. The second kappa shape index (κ2) is 6.21. The molecule has 0 saturated heterocycles. The fourth-order valence-corrected chi connectivity index (χ4v) is 2.28. The van der Waals surface area contributed by atoms with Crippen LogP contribution in [0.2, 0.25) is 0 Å².